The third-order valence-electron chi connectivity index (χ3n) is 6.28. The van der Waals surface area contributed by atoms with Gasteiger partial charge in [-0.05, 0) is 74.2 Å². The number of aryl methyl sites for hydroxylation is 4. The van der Waals surface area contributed by atoms with E-state index in [1.807, 2.05) is 58.0 Å². The molecule has 5 nitrogen and oxygen atoms in total. The summed E-state index contributed by atoms with van der Waals surface area (Å²) in [4.78, 5) is 33.0. The molecule has 0 bridgehead atoms. The van der Waals surface area contributed by atoms with Crippen LogP contribution in [0.25, 0.3) is 16.0 Å². The minimum Gasteiger partial charge on any atom is -0.507 e. The average Bonchev–Trinajstić information content (AvgIpc) is 3.34. The lowest BCUT2D eigenvalue weighted by atomic mass is 9.93. The molecule has 1 fully saturated rings. The highest BCUT2D eigenvalue weighted by Crippen LogP contribution is 2.45. The number of ketones is 1. The second-order valence-corrected chi connectivity index (χ2v) is 10.4. The van der Waals surface area contributed by atoms with Crippen LogP contribution in [0.2, 0.25) is 5.02 Å². The highest BCUT2D eigenvalue weighted by atomic mass is 35.5. The summed E-state index contributed by atoms with van der Waals surface area (Å²) in [6.45, 7) is 7.75. The molecule has 0 spiro atoms. The van der Waals surface area contributed by atoms with Crippen molar-refractivity contribution in [2.24, 2.45) is 0 Å². The minimum absolute atomic E-state index is 0.0260. The Bertz CT molecular complexity index is 1570. The number of fused-ring (bicyclic) bond motifs is 1. The molecule has 2 heterocycles. The van der Waals surface area contributed by atoms with Gasteiger partial charge in [0.2, 0.25) is 0 Å². The van der Waals surface area contributed by atoms with Crippen molar-refractivity contribution < 1.29 is 14.7 Å². The zero-order valence-corrected chi connectivity index (χ0v) is 21.3. The maximum Gasteiger partial charge on any atom is 0.301 e. The SMILES string of the molecule is Cc1ccc(C)c(/C(O)=C2\C(=O)C(=O)N(c3nc4c(C)cc(C)cc4s3)C2c2cccc(Cl)c2)c1. The van der Waals surface area contributed by atoms with E-state index in [1.165, 1.54) is 16.2 Å². The first-order valence-corrected chi connectivity index (χ1v) is 12.4. The number of carbonyl (C=O) groups is 2. The maximum absolute atomic E-state index is 13.5. The molecule has 0 radical (unpaired) electrons. The van der Waals surface area contributed by atoms with Gasteiger partial charge in [-0.2, -0.15) is 0 Å². The standard InChI is InChI=1S/C28H23ClN2O3S/c1-14-8-9-16(3)20(11-14)25(32)22-24(18-6-5-7-19(29)13-18)31(27(34)26(22)33)28-30-23-17(4)10-15(2)12-21(23)35-28/h5-13,24,32H,1-4H3/b25-22+. The Morgan fingerprint density at radius 3 is 2.49 bits per heavy atom. The normalized spacial score (nSPS) is 17.5. The summed E-state index contributed by atoms with van der Waals surface area (Å²) in [6.07, 6.45) is 0. The van der Waals surface area contributed by atoms with Crippen molar-refractivity contribution in [2.75, 3.05) is 4.90 Å². The van der Waals surface area contributed by atoms with Crippen molar-refractivity contribution in [3.8, 4) is 0 Å². The number of Topliss-reactive ketones (excluding diaryl/α,β-unsaturated/α-hetero) is 1. The number of aliphatic hydroxyl groups is 1. The van der Waals surface area contributed by atoms with E-state index in [2.05, 4.69) is 0 Å². The smallest absolute Gasteiger partial charge is 0.301 e. The van der Waals surface area contributed by atoms with Crippen LogP contribution in [0.15, 0.2) is 60.2 Å². The first kappa shape index (κ1) is 23.3. The number of anilines is 1. The third kappa shape index (κ3) is 3.93. The van der Waals surface area contributed by atoms with Crippen LogP contribution in [0, 0.1) is 27.7 Å². The van der Waals surface area contributed by atoms with Crippen LogP contribution in [0.4, 0.5) is 5.13 Å². The van der Waals surface area contributed by atoms with Crippen LogP contribution in [0.1, 0.15) is 39.4 Å². The van der Waals surface area contributed by atoms with Gasteiger partial charge < -0.3 is 5.11 Å². The zero-order valence-electron chi connectivity index (χ0n) is 19.7. The number of hydrogen-bond donors (Lipinski definition) is 1. The van der Waals surface area contributed by atoms with Crippen molar-refractivity contribution in [2.45, 2.75) is 33.7 Å². The number of halogens is 1. The van der Waals surface area contributed by atoms with Crippen LogP contribution in [0.3, 0.4) is 0 Å². The van der Waals surface area contributed by atoms with Gasteiger partial charge in [-0.15, -0.1) is 0 Å². The van der Waals surface area contributed by atoms with Crippen molar-refractivity contribution >= 4 is 55.7 Å². The van der Waals surface area contributed by atoms with Gasteiger partial charge in [-0.1, -0.05) is 58.8 Å². The van der Waals surface area contributed by atoms with E-state index in [9.17, 15) is 14.7 Å². The number of thiazole rings is 1. The van der Waals surface area contributed by atoms with Gasteiger partial charge >= 0.3 is 5.91 Å². The number of amides is 1. The lowest BCUT2D eigenvalue weighted by molar-refractivity contribution is -0.132. The van der Waals surface area contributed by atoms with Crippen molar-refractivity contribution in [3.63, 3.8) is 0 Å². The summed E-state index contributed by atoms with van der Waals surface area (Å²) in [7, 11) is 0. The topological polar surface area (TPSA) is 70.5 Å². The highest BCUT2D eigenvalue weighted by Gasteiger charge is 2.48. The molecule has 1 saturated heterocycles. The summed E-state index contributed by atoms with van der Waals surface area (Å²) in [5.74, 6) is -1.68. The van der Waals surface area contributed by atoms with Gasteiger partial charge in [0, 0.05) is 10.6 Å². The summed E-state index contributed by atoms with van der Waals surface area (Å²) in [5.41, 5.74) is 5.77. The van der Waals surface area contributed by atoms with Crippen LogP contribution in [-0.4, -0.2) is 21.8 Å². The van der Waals surface area contributed by atoms with Crippen LogP contribution in [-0.2, 0) is 9.59 Å². The van der Waals surface area contributed by atoms with Gasteiger partial charge in [0.1, 0.15) is 5.76 Å². The molecule has 176 valence electrons. The second-order valence-electron chi connectivity index (χ2n) is 8.97. The lowest BCUT2D eigenvalue weighted by Gasteiger charge is -2.23. The molecule has 0 aliphatic carbocycles. The van der Waals surface area contributed by atoms with Crippen LogP contribution >= 0.6 is 22.9 Å². The highest BCUT2D eigenvalue weighted by molar-refractivity contribution is 7.22. The number of benzene rings is 3. The predicted molar refractivity (Wildman–Crippen MR) is 141 cm³/mol. The summed E-state index contributed by atoms with van der Waals surface area (Å²) < 4.78 is 0.929. The van der Waals surface area contributed by atoms with Crippen molar-refractivity contribution in [1.29, 1.82) is 0 Å². The van der Waals surface area contributed by atoms with Gasteiger partial charge in [0.05, 0.1) is 21.8 Å². The Kier molecular flexibility index (Phi) is 5.74. The first-order chi connectivity index (χ1) is 16.7. The molecule has 1 N–H and O–H groups in total. The average molecular weight is 503 g/mol. The van der Waals surface area contributed by atoms with E-state index in [0.29, 0.717) is 21.3 Å². The number of hydrogen-bond acceptors (Lipinski definition) is 5. The minimum atomic E-state index is -0.865. The third-order valence-corrected chi connectivity index (χ3v) is 7.52. The predicted octanol–water partition coefficient (Wildman–Crippen LogP) is 6.81. The van der Waals surface area contributed by atoms with E-state index >= 15 is 0 Å². The molecular weight excluding hydrogens is 480 g/mol. The Balaban J connectivity index is 1.78. The van der Waals surface area contributed by atoms with E-state index in [1.54, 1.807) is 24.3 Å². The largest absolute Gasteiger partial charge is 0.507 e. The fourth-order valence-electron chi connectivity index (χ4n) is 4.62. The molecule has 1 aliphatic heterocycles. The van der Waals surface area contributed by atoms with Gasteiger partial charge in [0.25, 0.3) is 5.78 Å². The molecule has 0 saturated carbocycles. The molecule has 3 aromatic carbocycles. The first-order valence-electron chi connectivity index (χ1n) is 11.2. The Morgan fingerprint density at radius 1 is 0.971 bits per heavy atom. The molecule has 1 unspecified atom stereocenters. The summed E-state index contributed by atoms with van der Waals surface area (Å²) in [6, 6.07) is 15.8. The molecule has 7 heteroatoms. The van der Waals surface area contributed by atoms with Gasteiger partial charge in [-0.3, -0.25) is 14.5 Å². The summed E-state index contributed by atoms with van der Waals surface area (Å²) >= 11 is 7.65. The monoisotopic (exact) mass is 502 g/mol. The van der Waals surface area contributed by atoms with Crippen LogP contribution < -0.4 is 4.90 Å². The molecule has 1 amide bonds. The molecule has 4 aromatic rings. The quantitative estimate of drug-likeness (QED) is 0.190. The van der Waals surface area contributed by atoms with E-state index in [4.69, 9.17) is 16.6 Å². The Morgan fingerprint density at radius 2 is 1.74 bits per heavy atom. The fourth-order valence-corrected chi connectivity index (χ4v) is 5.99. The molecule has 1 aliphatic rings. The zero-order chi connectivity index (χ0) is 25.0. The molecule has 1 atom stereocenters. The second kappa shape index (κ2) is 8.63. The van der Waals surface area contributed by atoms with Crippen molar-refractivity contribution in [3.05, 3.63) is 98.6 Å². The molecular formula is C28H23ClN2O3S. The fraction of sp³-hybridized carbons (Fsp3) is 0.179. The number of aromatic nitrogens is 1. The Labute approximate surface area is 212 Å². The van der Waals surface area contributed by atoms with Crippen LogP contribution in [0.5, 0.6) is 0 Å². The molecule has 35 heavy (non-hydrogen) atoms. The Hall–Kier alpha value is -3.48. The molecule has 5 rings (SSSR count). The lowest BCUT2D eigenvalue weighted by Crippen LogP contribution is -2.29. The summed E-state index contributed by atoms with van der Waals surface area (Å²) in [5, 5.41) is 12.3. The molecule has 1 aromatic heterocycles. The number of rotatable bonds is 3. The van der Waals surface area contributed by atoms with Gasteiger partial charge in [-0.25, -0.2) is 4.98 Å². The number of aliphatic hydroxyl groups excluding tert-OH is 1. The van der Waals surface area contributed by atoms with Crippen molar-refractivity contribution in [1.82, 2.24) is 4.98 Å². The van der Waals surface area contributed by atoms with E-state index < -0.39 is 17.7 Å². The number of carbonyl (C=O) groups excluding carboxylic acids is 2. The maximum atomic E-state index is 13.5. The van der Waals surface area contributed by atoms with E-state index in [0.717, 1.165) is 32.5 Å². The van der Waals surface area contributed by atoms with Gasteiger partial charge in [0.15, 0.2) is 5.13 Å². The van der Waals surface area contributed by atoms with E-state index in [-0.39, 0.29) is 11.3 Å². The number of nitrogens with zero attached hydrogens (tertiary/aromatic N) is 2.